The Balaban J connectivity index is 2.00. The van der Waals surface area contributed by atoms with Gasteiger partial charge in [0.1, 0.15) is 5.82 Å². The summed E-state index contributed by atoms with van der Waals surface area (Å²) in [5, 5.41) is 4.03. The van der Waals surface area contributed by atoms with E-state index in [9.17, 15) is 4.39 Å². The van der Waals surface area contributed by atoms with Crippen molar-refractivity contribution in [2.75, 3.05) is 5.43 Å². The van der Waals surface area contributed by atoms with Gasteiger partial charge in [0.2, 0.25) is 0 Å². The van der Waals surface area contributed by atoms with Crippen LogP contribution in [-0.4, -0.2) is 6.21 Å². The summed E-state index contributed by atoms with van der Waals surface area (Å²) in [6.07, 6.45) is 1.57. The Morgan fingerprint density at radius 3 is 2.59 bits per heavy atom. The molecule has 0 heterocycles. The topological polar surface area (TPSA) is 24.4 Å². The van der Waals surface area contributed by atoms with Crippen LogP contribution >= 0.6 is 15.9 Å². The van der Waals surface area contributed by atoms with Crippen LogP contribution < -0.4 is 5.43 Å². The zero-order valence-electron chi connectivity index (χ0n) is 8.90. The molecule has 2 aromatic rings. The van der Waals surface area contributed by atoms with E-state index < -0.39 is 0 Å². The molecule has 17 heavy (non-hydrogen) atoms. The Hall–Kier alpha value is -1.68. The van der Waals surface area contributed by atoms with E-state index in [0.29, 0.717) is 0 Å². The van der Waals surface area contributed by atoms with Gasteiger partial charge in [-0.15, -0.1) is 0 Å². The number of nitrogens with zero attached hydrogens (tertiary/aromatic N) is 1. The van der Waals surface area contributed by atoms with Gasteiger partial charge in [-0.3, -0.25) is 5.43 Å². The van der Waals surface area contributed by atoms with Crippen LogP contribution in [0.3, 0.4) is 0 Å². The van der Waals surface area contributed by atoms with Crippen molar-refractivity contribution in [1.82, 2.24) is 0 Å². The average molecular weight is 293 g/mol. The van der Waals surface area contributed by atoms with Crippen LogP contribution in [0.4, 0.5) is 10.1 Å². The first-order valence-corrected chi connectivity index (χ1v) is 5.83. The number of hydrogen-bond donors (Lipinski definition) is 1. The van der Waals surface area contributed by atoms with Crippen molar-refractivity contribution >= 4 is 27.8 Å². The third-order valence-corrected chi connectivity index (χ3v) is 2.63. The molecule has 1 N–H and O–H groups in total. The van der Waals surface area contributed by atoms with E-state index in [1.54, 1.807) is 18.3 Å². The highest BCUT2D eigenvalue weighted by Gasteiger charge is 1.91. The minimum atomic E-state index is -0.266. The molecule has 2 nitrogen and oxygen atoms in total. The largest absolute Gasteiger partial charge is 0.279 e. The van der Waals surface area contributed by atoms with Crippen molar-refractivity contribution in [3.05, 3.63) is 64.4 Å². The molecule has 0 aliphatic rings. The molecule has 0 aliphatic carbocycles. The maximum Gasteiger partial charge on any atom is 0.123 e. The first kappa shape index (κ1) is 11.8. The normalized spacial score (nSPS) is 10.7. The van der Waals surface area contributed by atoms with Gasteiger partial charge in [-0.05, 0) is 42.0 Å². The molecule has 0 unspecified atom stereocenters. The van der Waals surface area contributed by atoms with Crippen molar-refractivity contribution in [2.45, 2.75) is 0 Å². The monoisotopic (exact) mass is 292 g/mol. The summed E-state index contributed by atoms with van der Waals surface area (Å²) in [4.78, 5) is 0. The lowest BCUT2D eigenvalue weighted by atomic mass is 10.2. The van der Waals surface area contributed by atoms with Crippen LogP contribution in [-0.2, 0) is 0 Å². The van der Waals surface area contributed by atoms with E-state index in [1.165, 1.54) is 12.1 Å². The molecule has 0 spiro atoms. The molecular weight excluding hydrogens is 283 g/mol. The number of nitrogens with one attached hydrogen (secondary N) is 1. The average Bonchev–Trinajstić information content (AvgIpc) is 2.32. The highest BCUT2D eigenvalue weighted by molar-refractivity contribution is 9.10. The molecule has 0 saturated heterocycles. The number of anilines is 1. The van der Waals surface area contributed by atoms with Crippen LogP contribution in [0.15, 0.2) is 58.1 Å². The Kier molecular flexibility index (Phi) is 3.88. The predicted molar refractivity (Wildman–Crippen MR) is 71.8 cm³/mol. The Labute approximate surface area is 107 Å². The van der Waals surface area contributed by atoms with Crippen molar-refractivity contribution in [3.8, 4) is 0 Å². The minimum absolute atomic E-state index is 0.266. The van der Waals surface area contributed by atoms with E-state index in [4.69, 9.17) is 0 Å². The molecule has 2 rings (SSSR count). The number of halogens is 2. The van der Waals surface area contributed by atoms with Gasteiger partial charge in [-0.2, -0.15) is 5.10 Å². The third kappa shape index (κ3) is 3.67. The summed E-state index contributed by atoms with van der Waals surface area (Å²) in [5.41, 5.74) is 4.46. The van der Waals surface area contributed by atoms with Crippen LogP contribution in [0.5, 0.6) is 0 Å². The van der Waals surface area contributed by atoms with Gasteiger partial charge in [0.25, 0.3) is 0 Å². The van der Waals surface area contributed by atoms with Crippen molar-refractivity contribution < 1.29 is 4.39 Å². The first-order chi connectivity index (χ1) is 8.24. The van der Waals surface area contributed by atoms with Gasteiger partial charge in [0.15, 0.2) is 0 Å². The maximum absolute atomic E-state index is 12.9. The summed E-state index contributed by atoms with van der Waals surface area (Å²) >= 11 is 3.35. The Bertz CT molecular complexity index is 523. The smallest absolute Gasteiger partial charge is 0.123 e. The number of hydrazone groups is 1. The summed E-state index contributed by atoms with van der Waals surface area (Å²) in [5.74, 6) is -0.266. The van der Waals surface area contributed by atoms with Gasteiger partial charge in [0.05, 0.1) is 11.9 Å². The summed E-state index contributed by atoms with van der Waals surface area (Å²) in [6.45, 7) is 0. The molecule has 0 amide bonds. The van der Waals surface area contributed by atoms with Crippen LogP contribution in [0, 0.1) is 5.82 Å². The van der Waals surface area contributed by atoms with Crippen LogP contribution in [0.1, 0.15) is 5.56 Å². The molecule has 0 radical (unpaired) electrons. The Morgan fingerprint density at radius 2 is 1.88 bits per heavy atom. The Morgan fingerprint density at radius 1 is 1.12 bits per heavy atom. The van der Waals surface area contributed by atoms with E-state index in [1.807, 2.05) is 24.3 Å². The molecule has 0 atom stereocenters. The minimum Gasteiger partial charge on any atom is -0.279 e. The standard InChI is InChI=1S/C13H10BrFN2/c14-11-4-6-13(7-5-11)17-16-9-10-2-1-3-12(15)8-10/h1-9,17H/b16-9+. The van der Waals surface area contributed by atoms with Gasteiger partial charge < -0.3 is 0 Å². The molecule has 0 bridgehead atoms. The summed E-state index contributed by atoms with van der Waals surface area (Å²) in [6, 6.07) is 13.9. The lowest BCUT2D eigenvalue weighted by molar-refractivity contribution is 0.627. The van der Waals surface area contributed by atoms with E-state index in [-0.39, 0.29) is 5.82 Å². The molecular formula is C13H10BrFN2. The lowest BCUT2D eigenvalue weighted by Gasteiger charge is -1.99. The summed E-state index contributed by atoms with van der Waals surface area (Å²) < 4.78 is 13.9. The summed E-state index contributed by atoms with van der Waals surface area (Å²) in [7, 11) is 0. The molecule has 0 aliphatic heterocycles. The van der Waals surface area contributed by atoms with E-state index >= 15 is 0 Å². The number of rotatable bonds is 3. The SMILES string of the molecule is Fc1cccc(/C=N/Nc2ccc(Br)cc2)c1. The number of hydrogen-bond acceptors (Lipinski definition) is 2. The second kappa shape index (κ2) is 5.59. The highest BCUT2D eigenvalue weighted by Crippen LogP contribution is 2.13. The first-order valence-electron chi connectivity index (χ1n) is 5.04. The van der Waals surface area contributed by atoms with Gasteiger partial charge in [-0.25, -0.2) is 4.39 Å². The molecule has 4 heteroatoms. The van der Waals surface area contributed by atoms with Gasteiger partial charge in [-0.1, -0.05) is 28.1 Å². The lowest BCUT2D eigenvalue weighted by Crippen LogP contribution is -1.90. The van der Waals surface area contributed by atoms with E-state index in [2.05, 4.69) is 26.5 Å². The highest BCUT2D eigenvalue weighted by atomic mass is 79.9. The van der Waals surface area contributed by atoms with Gasteiger partial charge >= 0.3 is 0 Å². The van der Waals surface area contributed by atoms with Crippen LogP contribution in [0.25, 0.3) is 0 Å². The van der Waals surface area contributed by atoms with Crippen LogP contribution in [0.2, 0.25) is 0 Å². The van der Waals surface area contributed by atoms with Crippen molar-refractivity contribution in [1.29, 1.82) is 0 Å². The maximum atomic E-state index is 12.9. The molecule has 86 valence electrons. The fraction of sp³-hybridized carbons (Fsp3) is 0. The van der Waals surface area contributed by atoms with E-state index in [0.717, 1.165) is 15.7 Å². The molecule has 0 fully saturated rings. The molecule has 2 aromatic carbocycles. The van der Waals surface area contributed by atoms with Crippen molar-refractivity contribution in [2.24, 2.45) is 5.10 Å². The third-order valence-electron chi connectivity index (χ3n) is 2.10. The van der Waals surface area contributed by atoms with Crippen molar-refractivity contribution in [3.63, 3.8) is 0 Å². The fourth-order valence-electron chi connectivity index (χ4n) is 1.29. The second-order valence-electron chi connectivity index (χ2n) is 3.43. The quantitative estimate of drug-likeness (QED) is 0.670. The van der Waals surface area contributed by atoms with Gasteiger partial charge in [0, 0.05) is 4.47 Å². The fourth-order valence-corrected chi connectivity index (χ4v) is 1.56. The predicted octanol–water partition coefficient (Wildman–Crippen LogP) is 4.03. The molecule has 0 aromatic heterocycles. The zero-order valence-corrected chi connectivity index (χ0v) is 10.5. The number of benzene rings is 2. The zero-order chi connectivity index (χ0) is 12.1. The molecule has 0 saturated carbocycles. The second-order valence-corrected chi connectivity index (χ2v) is 4.35.